The quantitative estimate of drug-likeness (QED) is 0.457. The van der Waals surface area contributed by atoms with Gasteiger partial charge >= 0.3 is 0 Å². The fourth-order valence-corrected chi connectivity index (χ4v) is 2.43. The number of Topliss-reactive ketones (excluding diaryl/α,β-unsaturated/α-hetero) is 1. The zero-order chi connectivity index (χ0) is 13.8. The molecule has 3 nitrogen and oxygen atoms in total. The van der Waals surface area contributed by atoms with Crippen molar-refractivity contribution in [1.29, 1.82) is 0 Å². The number of benzene rings is 1. The van der Waals surface area contributed by atoms with Gasteiger partial charge in [-0.3, -0.25) is 9.59 Å². The number of fused-ring (bicyclic) bond motifs is 1. The normalized spacial score (nSPS) is 14.1. The van der Waals surface area contributed by atoms with Crippen LogP contribution in [0.15, 0.2) is 18.2 Å². The van der Waals surface area contributed by atoms with Gasteiger partial charge in [-0.2, -0.15) is 0 Å². The maximum absolute atomic E-state index is 13.8. The highest BCUT2D eigenvalue weighted by Crippen LogP contribution is 2.31. The summed E-state index contributed by atoms with van der Waals surface area (Å²) < 4.78 is 13.8. The number of carbonyl (C=O) groups excluding carboxylic acids is 2. The highest BCUT2D eigenvalue weighted by Gasteiger charge is 2.37. The van der Waals surface area contributed by atoms with Gasteiger partial charge in [0.1, 0.15) is 5.82 Å². The number of amides is 1. The van der Waals surface area contributed by atoms with Crippen LogP contribution >= 0.6 is 11.6 Å². The van der Waals surface area contributed by atoms with Gasteiger partial charge in [0.05, 0.1) is 11.3 Å². The van der Waals surface area contributed by atoms with Crippen LogP contribution in [0.1, 0.15) is 36.0 Å². The average molecular weight is 284 g/mol. The summed E-state index contributed by atoms with van der Waals surface area (Å²) in [7, 11) is 0. The molecule has 0 saturated carbocycles. The predicted octanol–water partition coefficient (Wildman–Crippen LogP) is 3.15. The van der Waals surface area contributed by atoms with Crippen molar-refractivity contribution in [2.45, 2.75) is 25.7 Å². The first kappa shape index (κ1) is 14.0. The fourth-order valence-electron chi connectivity index (χ4n) is 2.24. The molecular formula is C14H15ClFNO2. The Labute approximate surface area is 116 Å². The van der Waals surface area contributed by atoms with E-state index in [0.717, 1.165) is 25.7 Å². The Morgan fingerprint density at radius 3 is 2.58 bits per heavy atom. The lowest BCUT2D eigenvalue weighted by atomic mass is 10.1. The van der Waals surface area contributed by atoms with Crippen LogP contribution in [-0.4, -0.2) is 24.1 Å². The van der Waals surface area contributed by atoms with Crippen molar-refractivity contribution in [1.82, 2.24) is 0 Å². The molecule has 0 spiro atoms. The number of unbranched alkanes of at least 4 members (excludes halogenated alkanes) is 3. The average Bonchev–Trinajstić information content (AvgIpc) is 2.65. The van der Waals surface area contributed by atoms with E-state index in [9.17, 15) is 14.0 Å². The fraction of sp³-hybridized carbons (Fsp3) is 0.429. The summed E-state index contributed by atoms with van der Waals surface area (Å²) in [6.45, 7) is 0.376. The van der Waals surface area contributed by atoms with E-state index in [-0.39, 0.29) is 11.3 Å². The summed E-state index contributed by atoms with van der Waals surface area (Å²) in [5.74, 6) is -1.14. The molecule has 0 aliphatic carbocycles. The van der Waals surface area contributed by atoms with Crippen molar-refractivity contribution < 1.29 is 14.0 Å². The molecule has 0 saturated heterocycles. The number of ketones is 1. The Morgan fingerprint density at radius 1 is 1.11 bits per heavy atom. The molecular weight excluding hydrogens is 269 g/mol. The van der Waals surface area contributed by atoms with Crippen LogP contribution in [0.2, 0.25) is 0 Å². The van der Waals surface area contributed by atoms with Crippen LogP contribution in [0, 0.1) is 5.82 Å². The van der Waals surface area contributed by atoms with Gasteiger partial charge in [0, 0.05) is 12.4 Å². The smallest absolute Gasteiger partial charge is 0.299 e. The molecule has 0 radical (unpaired) electrons. The Balaban J connectivity index is 2.06. The zero-order valence-corrected chi connectivity index (χ0v) is 11.3. The number of anilines is 1. The number of rotatable bonds is 6. The topological polar surface area (TPSA) is 37.4 Å². The van der Waals surface area contributed by atoms with E-state index < -0.39 is 17.5 Å². The predicted molar refractivity (Wildman–Crippen MR) is 72.3 cm³/mol. The number of hydrogen-bond acceptors (Lipinski definition) is 2. The molecule has 5 heteroatoms. The summed E-state index contributed by atoms with van der Waals surface area (Å²) in [6.07, 6.45) is 3.56. The van der Waals surface area contributed by atoms with Gasteiger partial charge in [-0.05, 0) is 25.0 Å². The molecule has 0 atom stereocenters. The molecule has 1 aliphatic rings. The van der Waals surface area contributed by atoms with Gasteiger partial charge in [-0.1, -0.05) is 18.9 Å². The third-order valence-corrected chi connectivity index (χ3v) is 3.47. The maximum Gasteiger partial charge on any atom is 0.299 e. The summed E-state index contributed by atoms with van der Waals surface area (Å²) in [6, 6.07) is 4.21. The molecule has 0 fully saturated rings. The van der Waals surface area contributed by atoms with Crippen molar-refractivity contribution in [2.24, 2.45) is 0 Å². The number of hydrogen-bond donors (Lipinski definition) is 0. The van der Waals surface area contributed by atoms with Crippen molar-refractivity contribution in [2.75, 3.05) is 17.3 Å². The van der Waals surface area contributed by atoms with E-state index in [4.69, 9.17) is 11.6 Å². The lowest BCUT2D eigenvalue weighted by Gasteiger charge is -2.16. The molecule has 102 valence electrons. The van der Waals surface area contributed by atoms with Gasteiger partial charge in [-0.25, -0.2) is 4.39 Å². The maximum atomic E-state index is 13.8. The molecule has 19 heavy (non-hydrogen) atoms. The minimum Gasteiger partial charge on any atom is -0.302 e. The molecule has 0 unspecified atom stereocenters. The molecule has 0 bridgehead atoms. The number of nitrogens with zero attached hydrogens (tertiary/aromatic N) is 1. The Hall–Kier alpha value is -1.42. The van der Waals surface area contributed by atoms with E-state index >= 15 is 0 Å². The largest absolute Gasteiger partial charge is 0.302 e. The second kappa shape index (κ2) is 6.15. The number of alkyl halides is 1. The third-order valence-electron chi connectivity index (χ3n) is 3.21. The number of halogens is 2. The van der Waals surface area contributed by atoms with E-state index in [1.54, 1.807) is 0 Å². The first-order chi connectivity index (χ1) is 9.16. The molecule has 0 N–H and O–H groups in total. The van der Waals surface area contributed by atoms with Gasteiger partial charge < -0.3 is 4.90 Å². The molecule has 1 heterocycles. The van der Waals surface area contributed by atoms with Gasteiger partial charge in [-0.15, -0.1) is 11.6 Å². The number of para-hydroxylation sites is 1. The molecule has 1 aliphatic heterocycles. The monoisotopic (exact) mass is 283 g/mol. The molecule has 1 amide bonds. The molecule has 2 rings (SSSR count). The second-order valence-corrected chi connectivity index (χ2v) is 4.90. The summed E-state index contributed by atoms with van der Waals surface area (Å²) in [4.78, 5) is 24.8. The van der Waals surface area contributed by atoms with Crippen LogP contribution in [0.25, 0.3) is 0 Å². The van der Waals surface area contributed by atoms with Crippen molar-refractivity contribution in [3.05, 3.63) is 29.6 Å². The standard InChI is InChI=1S/C14H15ClFNO2/c15-8-3-1-2-4-9-17-12-10(13(18)14(17)19)6-5-7-11(12)16/h5-7H,1-4,8-9H2. The molecule has 1 aromatic rings. The van der Waals surface area contributed by atoms with E-state index in [1.165, 1.54) is 23.1 Å². The van der Waals surface area contributed by atoms with E-state index in [2.05, 4.69) is 0 Å². The lowest BCUT2D eigenvalue weighted by molar-refractivity contribution is -0.114. The first-order valence-corrected chi connectivity index (χ1v) is 6.91. The van der Waals surface area contributed by atoms with Crippen molar-refractivity contribution in [3.8, 4) is 0 Å². The van der Waals surface area contributed by atoms with Crippen LogP contribution < -0.4 is 4.90 Å². The Kier molecular flexibility index (Phi) is 4.53. The highest BCUT2D eigenvalue weighted by atomic mass is 35.5. The molecule has 1 aromatic carbocycles. The van der Waals surface area contributed by atoms with Crippen molar-refractivity contribution in [3.63, 3.8) is 0 Å². The van der Waals surface area contributed by atoms with Gasteiger partial charge in [0.2, 0.25) is 0 Å². The minimum atomic E-state index is -0.627. The lowest BCUT2D eigenvalue weighted by Crippen LogP contribution is -2.31. The van der Waals surface area contributed by atoms with Crippen LogP contribution in [0.5, 0.6) is 0 Å². The highest BCUT2D eigenvalue weighted by molar-refractivity contribution is 6.52. The summed E-state index contributed by atoms with van der Waals surface area (Å²) >= 11 is 5.58. The molecule has 0 aromatic heterocycles. The zero-order valence-electron chi connectivity index (χ0n) is 10.5. The Morgan fingerprint density at radius 2 is 1.84 bits per heavy atom. The van der Waals surface area contributed by atoms with E-state index in [1.807, 2.05) is 0 Å². The van der Waals surface area contributed by atoms with Gasteiger partial charge in [0.25, 0.3) is 11.7 Å². The van der Waals surface area contributed by atoms with Crippen LogP contribution in [-0.2, 0) is 4.79 Å². The second-order valence-electron chi connectivity index (χ2n) is 4.53. The SMILES string of the molecule is O=C1C(=O)N(CCCCCCCl)c2c(F)cccc21. The van der Waals surface area contributed by atoms with E-state index in [0.29, 0.717) is 12.4 Å². The van der Waals surface area contributed by atoms with Gasteiger partial charge in [0.15, 0.2) is 0 Å². The Bertz CT molecular complexity index is 504. The minimum absolute atomic E-state index is 0.134. The van der Waals surface area contributed by atoms with Crippen LogP contribution in [0.3, 0.4) is 0 Å². The van der Waals surface area contributed by atoms with Crippen molar-refractivity contribution >= 4 is 29.0 Å². The summed E-state index contributed by atoms with van der Waals surface area (Å²) in [5, 5.41) is 0. The number of carbonyl (C=O) groups is 2. The van der Waals surface area contributed by atoms with Crippen LogP contribution in [0.4, 0.5) is 10.1 Å². The first-order valence-electron chi connectivity index (χ1n) is 6.37. The summed E-state index contributed by atoms with van der Waals surface area (Å²) in [5.41, 5.74) is 0.306. The third kappa shape index (κ3) is 2.78.